The van der Waals surface area contributed by atoms with Crippen molar-refractivity contribution in [3.8, 4) is 0 Å². The molecule has 6 atom stereocenters. The molecule has 10 heteroatoms. The van der Waals surface area contributed by atoms with Crippen molar-refractivity contribution >= 4 is 46.8 Å². The van der Waals surface area contributed by atoms with Crippen LogP contribution in [0.1, 0.15) is 32.6 Å². The molecule has 32 heavy (non-hydrogen) atoms. The topological polar surface area (TPSA) is 85.3 Å². The summed E-state index contributed by atoms with van der Waals surface area (Å²) in [4.78, 5) is 27.5. The van der Waals surface area contributed by atoms with Crippen LogP contribution in [0.15, 0.2) is 42.5 Å². The van der Waals surface area contributed by atoms with E-state index in [9.17, 15) is 14.7 Å². The van der Waals surface area contributed by atoms with Crippen LogP contribution < -0.4 is 0 Å². The number of halogens is 2. The van der Waals surface area contributed by atoms with E-state index in [0.29, 0.717) is 0 Å². The summed E-state index contributed by atoms with van der Waals surface area (Å²) in [6, 6.07) is 11.3. The maximum absolute atomic E-state index is 13.3. The molecular weight excluding hydrogens is 477 g/mol. The summed E-state index contributed by atoms with van der Waals surface area (Å²) >= 11 is 13.6. The molecule has 0 bridgehead atoms. The van der Waals surface area contributed by atoms with Gasteiger partial charge in [-0.05, 0) is 18.4 Å². The van der Waals surface area contributed by atoms with Gasteiger partial charge in [0.25, 0.3) is 11.8 Å². The smallest absolute Gasteiger partial charge is 0.263 e. The third-order valence-electron chi connectivity index (χ3n) is 5.91. The van der Waals surface area contributed by atoms with E-state index >= 15 is 0 Å². The molecule has 3 aliphatic rings. The number of rotatable bonds is 3. The van der Waals surface area contributed by atoms with Crippen molar-refractivity contribution in [2.45, 2.75) is 36.1 Å². The standard InChI is InChI=1S/C22H19Cl2NO6S/c1-32-22-16(25-19(27)11-7-8-12(23)15(24)14(11)20(25)28)17(26)18-13(30-22)9-29-21(31-18)10-5-3-2-4-6-10/h2-8,13,16-18,21-22,26H,9H2,1H3/t13-,16-,17-,18-,21?,22+/m1/s1. The molecule has 0 spiro atoms. The van der Waals surface area contributed by atoms with Crippen LogP contribution in [0.5, 0.6) is 0 Å². The lowest BCUT2D eigenvalue weighted by molar-refractivity contribution is -0.309. The Morgan fingerprint density at radius 2 is 1.81 bits per heavy atom. The number of aliphatic hydroxyl groups is 1. The molecule has 0 aromatic heterocycles. The van der Waals surface area contributed by atoms with Crippen LogP contribution >= 0.6 is 35.0 Å². The van der Waals surface area contributed by atoms with Crippen molar-refractivity contribution in [3.63, 3.8) is 0 Å². The molecule has 0 saturated carbocycles. The second kappa shape index (κ2) is 8.61. The molecule has 168 valence electrons. The summed E-state index contributed by atoms with van der Waals surface area (Å²) in [6.45, 7) is 0.203. The quantitative estimate of drug-likeness (QED) is 0.651. The first-order valence-electron chi connectivity index (χ1n) is 9.96. The molecule has 0 aliphatic carbocycles. The summed E-state index contributed by atoms with van der Waals surface area (Å²) in [6.07, 6.45) is -1.46. The molecule has 0 radical (unpaired) electrons. The molecule has 5 rings (SSSR count). The van der Waals surface area contributed by atoms with Crippen LogP contribution in [0.3, 0.4) is 0 Å². The Labute approximate surface area is 198 Å². The molecule has 3 aliphatic heterocycles. The minimum absolute atomic E-state index is 0.0151. The SMILES string of the molecule is CS[C@@H]1O[C@@H]2COC(c3ccccc3)O[C@H]2[C@H](O)[C@H]1N1C(=O)c2ccc(Cl)c(Cl)c2C1=O. The van der Waals surface area contributed by atoms with Crippen LogP contribution in [0.25, 0.3) is 0 Å². The molecule has 2 aromatic rings. The average molecular weight is 496 g/mol. The Morgan fingerprint density at radius 1 is 1.06 bits per heavy atom. The number of aliphatic hydroxyl groups excluding tert-OH is 1. The first-order chi connectivity index (χ1) is 15.4. The molecule has 2 aromatic carbocycles. The summed E-state index contributed by atoms with van der Waals surface area (Å²) in [7, 11) is 0. The average Bonchev–Trinajstić information content (AvgIpc) is 3.06. The number of carbonyl (C=O) groups is 2. The fraction of sp³-hybridized carbons (Fsp3) is 0.364. The number of hydrogen-bond acceptors (Lipinski definition) is 7. The number of thioether (sulfide) groups is 1. The lowest BCUT2D eigenvalue weighted by Crippen LogP contribution is -2.66. The Balaban J connectivity index is 1.47. The Bertz CT molecular complexity index is 1070. The minimum Gasteiger partial charge on any atom is -0.388 e. The van der Waals surface area contributed by atoms with Crippen molar-refractivity contribution in [1.82, 2.24) is 4.90 Å². The van der Waals surface area contributed by atoms with E-state index in [4.69, 9.17) is 37.4 Å². The van der Waals surface area contributed by atoms with Crippen molar-refractivity contribution in [2.75, 3.05) is 12.9 Å². The van der Waals surface area contributed by atoms with E-state index in [1.54, 1.807) is 6.26 Å². The maximum atomic E-state index is 13.3. The fourth-order valence-corrected chi connectivity index (χ4v) is 5.60. The summed E-state index contributed by atoms with van der Waals surface area (Å²) < 4.78 is 18.0. The zero-order chi connectivity index (χ0) is 22.6. The summed E-state index contributed by atoms with van der Waals surface area (Å²) in [5.41, 5.74) is 0.300. The normalized spacial score (nSPS) is 32.1. The van der Waals surface area contributed by atoms with Gasteiger partial charge in [0.1, 0.15) is 29.8 Å². The third-order valence-corrected chi connectivity index (χ3v) is 7.57. The van der Waals surface area contributed by atoms with Gasteiger partial charge >= 0.3 is 0 Å². The van der Waals surface area contributed by atoms with Crippen LogP contribution in [-0.2, 0) is 14.2 Å². The van der Waals surface area contributed by atoms with Crippen LogP contribution in [0, 0.1) is 0 Å². The zero-order valence-corrected chi connectivity index (χ0v) is 19.1. The van der Waals surface area contributed by atoms with E-state index in [0.717, 1.165) is 10.5 Å². The number of amides is 2. The van der Waals surface area contributed by atoms with Gasteiger partial charge in [-0.3, -0.25) is 14.5 Å². The molecule has 2 saturated heterocycles. The van der Waals surface area contributed by atoms with Crippen LogP contribution in [0.2, 0.25) is 10.0 Å². The molecule has 1 N–H and O–H groups in total. The van der Waals surface area contributed by atoms with Gasteiger partial charge in [0, 0.05) is 5.56 Å². The largest absolute Gasteiger partial charge is 0.388 e. The monoisotopic (exact) mass is 495 g/mol. The highest BCUT2D eigenvalue weighted by Gasteiger charge is 2.55. The predicted molar refractivity (Wildman–Crippen MR) is 119 cm³/mol. The number of imide groups is 1. The van der Waals surface area contributed by atoms with E-state index in [2.05, 4.69) is 0 Å². The van der Waals surface area contributed by atoms with Gasteiger partial charge < -0.3 is 19.3 Å². The molecule has 2 fully saturated rings. The maximum Gasteiger partial charge on any atom is 0.263 e. The lowest BCUT2D eigenvalue weighted by atomic mass is 9.95. The Kier molecular flexibility index (Phi) is 5.96. The van der Waals surface area contributed by atoms with Gasteiger partial charge in [-0.1, -0.05) is 53.5 Å². The first kappa shape index (κ1) is 22.2. The van der Waals surface area contributed by atoms with Crippen LogP contribution in [0.4, 0.5) is 0 Å². The van der Waals surface area contributed by atoms with Crippen molar-refractivity contribution in [1.29, 1.82) is 0 Å². The van der Waals surface area contributed by atoms with Crippen molar-refractivity contribution in [2.24, 2.45) is 0 Å². The Hall–Kier alpha value is -1.65. The highest BCUT2D eigenvalue weighted by Crippen LogP contribution is 2.42. The van der Waals surface area contributed by atoms with Crippen molar-refractivity contribution in [3.05, 3.63) is 69.2 Å². The number of carbonyl (C=O) groups excluding carboxylic acids is 2. The predicted octanol–water partition coefficient (Wildman–Crippen LogP) is 3.52. The number of fused-ring (bicyclic) bond motifs is 2. The van der Waals surface area contributed by atoms with Gasteiger partial charge in [-0.25, -0.2) is 0 Å². The van der Waals surface area contributed by atoms with Gasteiger partial charge in [-0.2, -0.15) is 0 Å². The van der Waals surface area contributed by atoms with Gasteiger partial charge in [-0.15, -0.1) is 11.8 Å². The molecule has 7 nitrogen and oxygen atoms in total. The van der Waals surface area contributed by atoms with Gasteiger partial charge in [0.15, 0.2) is 6.29 Å². The Morgan fingerprint density at radius 3 is 2.53 bits per heavy atom. The number of nitrogens with zero attached hydrogens (tertiary/aromatic N) is 1. The second-order valence-corrected chi connectivity index (χ2v) is 9.42. The molecular formula is C22H19Cl2NO6S. The van der Waals surface area contributed by atoms with E-state index < -0.39 is 47.9 Å². The number of hydrogen-bond donors (Lipinski definition) is 1. The molecule has 1 unspecified atom stereocenters. The van der Waals surface area contributed by atoms with Crippen LogP contribution in [-0.4, -0.2) is 64.5 Å². The van der Waals surface area contributed by atoms with Gasteiger partial charge in [0.2, 0.25) is 0 Å². The third kappa shape index (κ3) is 3.45. The van der Waals surface area contributed by atoms with E-state index in [1.807, 2.05) is 30.3 Å². The second-order valence-electron chi connectivity index (χ2n) is 7.70. The fourth-order valence-electron chi connectivity index (χ4n) is 4.38. The highest BCUT2D eigenvalue weighted by molar-refractivity contribution is 7.99. The molecule has 3 heterocycles. The number of ether oxygens (including phenoxy) is 3. The van der Waals surface area contributed by atoms with E-state index in [-0.39, 0.29) is 27.8 Å². The summed E-state index contributed by atoms with van der Waals surface area (Å²) in [5.74, 6) is -1.17. The van der Waals surface area contributed by atoms with Gasteiger partial charge in [0.05, 0.1) is 27.8 Å². The van der Waals surface area contributed by atoms with E-state index in [1.165, 1.54) is 23.9 Å². The lowest BCUT2D eigenvalue weighted by Gasteiger charge is -2.49. The summed E-state index contributed by atoms with van der Waals surface area (Å²) in [5, 5.41) is 11.5. The van der Waals surface area contributed by atoms with Crippen molar-refractivity contribution < 1.29 is 28.9 Å². The first-order valence-corrected chi connectivity index (χ1v) is 12.0. The zero-order valence-electron chi connectivity index (χ0n) is 16.8. The minimum atomic E-state index is -1.20. The molecule has 2 amide bonds. The number of benzene rings is 2. The highest BCUT2D eigenvalue weighted by atomic mass is 35.5.